The van der Waals surface area contributed by atoms with E-state index in [1.807, 2.05) is 0 Å². The van der Waals surface area contributed by atoms with Crippen molar-refractivity contribution in [2.24, 2.45) is 0 Å². The van der Waals surface area contributed by atoms with Gasteiger partial charge in [-0.05, 0) is 34.1 Å². The summed E-state index contributed by atoms with van der Waals surface area (Å²) in [5.41, 5.74) is 0.332. The van der Waals surface area contributed by atoms with Crippen LogP contribution in [0.15, 0.2) is 41.1 Å². The van der Waals surface area contributed by atoms with Crippen molar-refractivity contribution in [2.75, 3.05) is 5.32 Å². The molecule has 0 aliphatic carbocycles. The zero-order valence-electron chi connectivity index (χ0n) is 9.09. The third-order valence-electron chi connectivity index (χ3n) is 2.27. The van der Waals surface area contributed by atoms with E-state index in [0.717, 1.165) is 0 Å². The lowest BCUT2D eigenvalue weighted by molar-refractivity contribution is 0.102. The number of rotatable bonds is 2. The Morgan fingerprint density at radius 3 is 2.50 bits per heavy atom. The van der Waals surface area contributed by atoms with E-state index >= 15 is 0 Å². The van der Waals surface area contributed by atoms with E-state index in [0.29, 0.717) is 10.2 Å². The largest absolute Gasteiger partial charge is 0.507 e. The highest BCUT2D eigenvalue weighted by molar-refractivity contribution is 9.10. The summed E-state index contributed by atoms with van der Waals surface area (Å²) >= 11 is 3.23. The Morgan fingerprint density at radius 1 is 1.22 bits per heavy atom. The summed E-state index contributed by atoms with van der Waals surface area (Å²) in [7, 11) is 0. The minimum atomic E-state index is -0.600. The standard InChI is InChI=1S/C12H9BrN2O3/c13-7-6-14-5-4-8(7)15-12(18)11-9(16)2-1-3-10(11)17/h1-6,16-17H,(H,14,15,18). The molecule has 0 fully saturated rings. The molecule has 18 heavy (non-hydrogen) atoms. The number of phenols is 2. The van der Waals surface area contributed by atoms with Crippen LogP contribution in [0.4, 0.5) is 5.69 Å². The topological polar surface area (TPSA) is 82.5 Å². The molecular weight excluding hydrogens is 300 g/mol. The van der Waals surface area contributed by atoms with Crippen LogP contribution in [-0.2, 0) is 0 Å². The second-order valence-corrected chi connectivity index (χ2v) is 4.34. The van der Waals surface area contributed by atoms with Gasteiger partial charge < -0.3 is 15.5 Å². The Hall–Kier alpha value is -2.08. The van der Waals surface area contributed by atoms with Crippen LogP contribution in [0.1, 0.15) is 10.4 Å². The minimum Gasteiger partial charge on any atom is -0.507 e. The Morgan fingerprint density at radius 2 is 1.89 bits per heavy atom. The van der Waals surface area contributed by atoms with Gasteiger partial charge in [-0.3, -0.25) is 9.78 Å². The Kier molecular flexibility index (Phi) is 3.47. The molecule has 6 heteroatoms. The maximum absolute atomic E-state index is 11.9. The molecule has 0 aliphatic heterocycles. The number of anilines is 1. The highest BCUT2D eigenvalue weighted by atomic mass is 79.9. The number of hydrogen-bond acceptors (Lipinski definition) is 4. The average Bonchev–Trinajstić information content (AvgIpc) is 2.32. The summed E-state index contributed by atoms with van der Waals surface area (Å²) in [4.78, 5) is 15.8. The van der Waals surface area contributed by atoms with E-state index in [-0.39, 0.29) is 17.1 Å². The predicted molar refractivity (Wildman–Crippen MR) is 69.7 cm³/mol. The average molecular weight is 309 g/mol. The summed E-state index contributed by atoms with van der Waals surface area (Å²) in [6, 6.07) is 5.70. The van der Waals surface area contributed by atoms with Gasteiger partial charge in [-0.2, -0.15) is 0 Å². The van der Waals surface area contributed by atoms with Crippen LogP contribution in [0.25, 0.3) is 0 Å². The van der Waals surface area contributed by atoms with Gasteiger partial charge in [-0.1, -0.05) is 6.07 Å². The molecule has 1 aromatic carbocycles. The number of carbonyl (C=O) groups is 1. The summed E-state index contributed by atoms with van der Waals surface area (Å²) in [5, 5.41) is 21.7. The van der Waals surface area contributed by atoms with Crippen molar-refractivity contribution >= 4 is 27.5 Å². The maximum atomic E-state index is 11.9. The third-order valence-corrected chi connectivity index (χ3v) is 2.90. The summed E-state index contributed by atoms with van der Waals surface area (Å²) in [6.45, 7) is 0. The highest BCUT2D eigenvalue weighted by Gasteiger charge is 2.16. The first-order valence-electron chi connectivity index (χ1n) is 5.01. The highest BCUT2D eigenvalue weighted by Crippen LogP contribution is 2.28. The van der Waals surface area contributed by atoms with Crippen LogP contribution < -0.4 is 5.32 Å². The molecule has 0 spiro atoms. The van der Waals surface area contributed by atoms with Crippen LogP contribution in [0, 0.1) is 0 Å². The second-order valence-electron chi connectivity index (χ2n) is 3.48. The Balaban J connectivity index is 2.31. The van der Waals surface area contributed by atoms with Crippen LogP contribution in [0.5, 0.6) is 11.5 Å². The number of nitrogens with zero attached hydrogens (tertiary/aromatic N) is 1. The van der Waals surface area contributed by atoms with Gasteiger partial charge in [0.15, 0.2) is 0 Å². The maximum Gasteiger partial charge on any atom is 0.263 e. The number of halogens is 1. The van der Waals surface area contributed by atoms with Gasteiger partial charge in [0.1, 0.15) is 17.1 Å². The minimum absolute atomic E-state index is 0.166. The number of amides is 1. The van der Waals surface area contributed by atoms with E-state index in [2.05, 4.69) is 26.2 Å². The second kappa shape index (κ2) is 5.05. The first-order chi connectivity index (χ1) is 8.59. The number of phenolic OH excluding ortho intramolecular Hbond substituents is 2. The van der Waals surface area contributed by atoms with Gasteiger partial charge in [0.05, 0.1) is 10.2 Å². The number of aromatic nitrogens is 1. The molecule has 5 nitrogen and oxygen atoms in total. The fraction of sp³-hybridized carbons (Fsp3) is 0. The van der Waals surface area contributed by atoms with E-state index in [9.17, 15) is 15.0 Å². The number of pyridine rings is 1. The molecule has 0 saturated heterocycles. The van der Waals surface area contributed by atoms with Crippen LogP contribution in [0.2, 0.25) is 0 Å². The number of aromatic hydroxyl groups is 2. The van der Waals surface area contributed by atoms with Crippen LogP contribution in [0.3, 0.4) is 0 Å². The Labute approximate surface area is 111 Å². The quantitative estimate of drug-likeness (QED) is 0.796. The number of hydrogen-bond donors (Lipinski definition) is 3. The molecule has 1 amide bonds. The molecule has 0 bridgehead atoms. The lowest BCUT2D eigenvalue weighted by Gasteiger charge is -2.09. The van der Waals surface area contributed by atoms with Gasteiger partial charge in [-0.15, -0.1) is 0 Å². The first-order valence-corrected chi connectivity index (χ1v) is 5.80. The molecular formula is C12H9BrN2O3. The van der Waals surface area contributed by atoms with E-state index < -0.39 is 5.91 Å². The van der Waals surface area contributed by atoms with E-state index in [1.165, 1.54) is 30.6 Å². The fourth-order valence-corrected chi connectivity index (χ4v) is 1.77. The normalized spacial score (nSPS) is 10.1. The van der Waals surface area contributed by atoms with Gasteiger partial charge in [0, 0.05) is 12.4 Å². The number of benzene rings is 1. The molecule has 1 heterocycles. The monoisotopic (exact) mass is 308 g/mol. The molecule has 0 aliphatic rings. The zero-order chi connectivity index (χ0) is 13.1. The Bertz CT molecular complexity index is 581. The molecule has 2 rings (SSSR count). The molecule has 2 aromatic rings. The van der Waals surface area contributed by atoms with E-state index in [4.69, 9.17) is 0 Å². The molecule has 1 aromatic heterocycles. The van der Waals surface area contributed by atoms with Crippen molar-refractivity contribution in [3.05, 3.63) is 46.7 Å². The van der Waals surface area contributed by atoms with Crippen molar-refractivity contribution in [3.8, 4) is 11.5 Å². The molecule has 3 N–H and O–H groups in total. The third kappa shape index (κ3) is 2.43. The van der Waals surface area contributed by atoms with Crippen LogP contribution >= 0.6 is 15.9 Å². The van der Waals surface area contributed by atoms with Crippen molar-refractivity contribution in [3.63, 3.8) is 0 Å². The zero-order valence-corrected chi connectivity index (χ0v) is 10.7. The van der Waals surface area contributed by atoms with Crippen molar-refractivity contribution in [1.29, 1.82) is 0 Å². The van der Waals surface area contributed by atoms with Crippen LogP contribution in [-0.4, -0.2) is 21.1 Å². The predicted octanol–water partition coefficient (Wildman–Crippen LogP) is 2.51. The number of carbonyl (C=O) groups excluding carboxylic acids is 1. The van der Waals surface area contributed by atoms with Crippen molar-refractivity contribution < 1.29 is 15.0 Å². The van der Waals surface area contributed by atoms with E-state index in [1.54, 1.807) is 6.07 Å². The van der Waals surface area contributed by atoms with Gasteiger partial charge >= 0.3 is 0 Å². The lowest BCUT2D eigenvalue weighted by Crippen LogP contribution is -2.12. The lowest BCUT2D eigenvalue weighted by atomic mass is 10.1. The van der Waals surface area contributed by atoms with Gasteiger partial charge in [-0.25, -0.2) is 0 Å². The fourth-order valence-electron chi connectivity index (χ4n) is 1.42. The van der Waals surface area contributed by atoms with Gasteiger partial charge in [0.2, 0.25) is 0 Å². The van der Waals surface area contributed by atoms with Crippen molar-refractivity contribution in [2.45, 2.75) is 0 Å². The SMILES string of the molecule is O=C(Nc1ccncc1Br)c1c(O)cccc1O. The van der Waals surface area contributed by atoms with Gasteiger partial charge in [0.25, 0.3) is 5.91 Å². The first kappa shape index (κ1) is 12.4. The summed E-state index contributed by atoms with van der Waals surface area (Å²) in [5.74, 6) is -1.16. The molecule has 0 unspecified atom stereocenters. The van der Waals surface area contributed by atoms with Crippen molar-refractivity contribution in [1.82, 2.24) is 4.98 Å². The molecule has 92 valence electrons. The number of nitrogens with one attached hydrogen (secondary N) is 1. The molecule has 0 atom stereocenters. The molecule has 0 radical (unpaired) electrons. The smallest absolute Gasteiger partial charge is 0.263 e. The molecule has 0 saturated carbocycles. The summed E-state index contributed by atoms with van der Waals surface area (Å²) in [6.07, 6.45) is 3.05. The summed E-state index contributed by atoms with van der Waals surface area (Å²) < 4.78 is 0.605.